The van der Waals surface area contributed by atoms with Gasteiger partial charge < -0.3 is 9.26 Å². The monoisotopic (exact) mass is 306 g/mol. The van der Waals surface area contributed by atoms with Gasteiger partial charge in [-0.1, -0.05) is 53.7 Å². The molecule has 0 aliphatic carbocycles. The minimum Gasteiger partial charge on any atom is -0.453 e. The van der Waals surface area contributed by atoms with Gasteiger partial charge in [0.15, 0.2) is 5.82 Å². The van der Waals surface area contributed by atoms with Crippen LogP contribution in [0, 0.1) is 0 Å². The first kappa shape index (κ1) is 13.7. The lowest BCUT2D eigenvalue weighted by Crippen LogP contribution is -2.03. The Labute approximate surface area is 132 Å². The van der Waals surface area contributed by atoms with Crippen molar-refractivity contribution in [2.75, 3.05) is 0 Å². The van der Waals surface area contributed by atoms with Crippen molar-refractivity contribution in [3.8, 4) is 0 Å². The van der Waals surface area contributed by atoms with E-state index in [0.29, 0.717) is 30.1 Å². The number of nitrogens with zero attached hydrogens (tertiary/aromatic N) is 2. The summed E-state index contributed by atoms with van der Waals surface area (Å²) < 4.78 is 10.7. The molecule has 2 aromatic carbocycles. The normalized spacial score (nSPS) is 16.2. The summed E-state index contributed by atoms with van der Waals surface area (Å²) in [5.41, 5.74) is 2.61. The Bertz CT molecular complexity index is 842. The summed E-state index contributed by atoms with van der Waals surface area (Å²) in [6.07, 6.45) is 0.652. The smallest absolute Gasteiger partial charge is 0.339 e. The Morgan fingerprint density at radius 2 is 1.78 bits per heavy atom. The number of benzene rings is 2. The van der Waals surface area contributed by atoms with Crippen LogP contribution in [0.25, 0.3) is 0 Å². The van der Waals surface area contributed by atoms with E-state index in [0.717, 1.165) is 11.1 Å². The molecule has 0 radical (unpaired) electrons. The van der Waals surface area contributed by atoms with E-state index in [1.165, 1.54) is 0 Å². The van der Waals surface area contributed by atoms with Gasteiger partial charge in [0.1, 0.15) is 6.10 Å². The van der Waals surface area contributed by atoms with Crippen LogP contribution in [-0.4, -0.2) is 16.1 Å². The number of cyclic esters (lactones) is 1. The number of aromatic nitrogens is 2. The zero-order valence-corrected chi connectivity index (χ0v) is 12.3. The third-order valence-corrected chi connectivity index (χ3v) is 3.85. The number of esters is 1. The Morgan fingerprint density at radius 3 is 2.65 bits per heavy atom. The highest BCUT2D eigenvalue weighted by Crippen LogP contribution is 2.32. The van der Waals surface area contributed by atoms with Gasteiger partial charge >= 0.3 is 5.97 Å². The molecule has 1 atom stereocenters. The lowest BCUT2D eigenvalue weighted by molar-refractivity contribution is 0.0372. The molecule has 1 aliphatic rings. The number of ether oxygens (including phenoxy) is 1. The zero-order valence-electron chi connectivity index (χ0n) is 12.3. The van der Waals surface area contributed by atoms with Crippen LogP contribution in [0.2, 0.25) is 0 Å². The fourth-order valence-electron chi connectivity index (χ4n) is 2.75. The van der Waals surface area contributed by atoms with Gasteiger partial charge in [0, 0.05) is 12.0 Å². The van der Waals surface area contributed by atoms with Crippen LogP contribution < -0.4 is 0 Å². The van der Waals surface area contributed by atoms with Gasteiger partial charge in [0.05, 0.1) is 12.0 Å². The van der Waals surface area contributed by atoms with E-state index < -0.39 is 0 Å². The van der Waals surface area contributed by atoms with Gasteiger partial charge in [-0.05, 0) is 11.6 Å². The van der Waals surface area contributed by atoms with Gasteiger partial charge in [0.2, 0.25) is 5.89 Å². The van der Waals surface area contributed by atoms with Crippen LogP contribution >= 0.6 is 0 Å². The highest BCUT2D eigenvalue weighted by molar-refractivity contribution is 5.93. The number of carbonyl (C=O) groups excluding carboxylic acids is 1. The standard InChI is InChI=1S/C18H14N2O3/c21-18-14-9-5-4-8-13(14)15(22-18)11-17-19-16(20-23-17)10-12-6-2-1-3-7-12/h1-9,15H,10-11H2. The van der Waals surface area contributed by atoms with E-state index >= 15 is 0 Å². The molecule has 0 saturated carbocycles. The fourth-order valence-corrected chi connectivity index (χ4v) is 2.75. The van der Waals surface area contributed by atoms with E-state index in [4.69, 9.17) is 9.26 Å². The molecule has 23 heavy (non-hydrogen) atoms. The highest BCUT2D eigenvalue weighted by Gasteiger charge is 2.31. The molecule has 1 aromatic heterocycles. The largest absolute Gasteiger partial charge is 0.453 e. The Morgan fingerprint density at radius 1 is 1.00 bits per heavy atom. The Kier molecular flexibility index (Phi) is 3.38. The van der Waals surface area contributed by atoms with Gasteiger partial charge in [0.25, 0.3) is 0 Å². The molecule has 114 valence electrons. The minimum absolute atomic E-state index is 0.297. The van der Waals surface area contributed by atoms with Gasteiger partial charge in [-0.15, -0.1) is 0 Å². The molecule has 2 heterocycles. The molecule has 1 unspecified atom stereocenters. The van der Waals surface area contributed by atoms with Gasteiger partial charge in [-0.2, -0.15) is 4.98 Å². The molecule has 0 amide bonds. The Balaban J connectivity index is 1.50. The molecule has 0 saturated heterocycles. The van der Waals surface area contributed by atoms with Crippen molar-refractivity contribution >= 4 is 5.97 Å². The summed E-state index contributed by atoms with van der Waals surface area (Å²) in [4.78, 5) is 16.2. The second kappa shape index (κ2) is 5.68. The number of carbonyl (C=O) groups is 1. The number of hydrogen-bond acceptors (Lipinski definition) is 5. The van der Waals surface area contributed by atoms with Crippen molar-refractivity contribution < 1.29 is 14.1 Å². The first-order valence-electron chi connectivity index (χ1n) is 7.45. The summed E-state index contributed by atoms with van der Waals surface area (Å²) in [5, 5.41) is 4.00. The van der Waals surface area contributed by atoms with Crippen molar-refractivity contribution in [3.05, 3.63) is 83.0 Å². The van der Waals surface area contributed by atoms with E-state index in [2.05, 4.69) is 10.1 Å². The maximum atomic E-state index is 11.8. The van der Waals surface area contributed by atoms with Crippen molar-refractivity contribution in [1.82, 2.24) is 10.1 Å². The van der Waals surface area contributed by atoms with Crippen LogP contribution in [0.15, 0.2) is 59.1 Å². The van der Waals surface area contributed by atoms with Crippen LogP contribution in [0.1, 0.15) is 39.3 Å². The summed E-state index contributed by atoms with van der Waals surface area (Å²) in [6, 6.07) is 17.3. The molecule has 0 spiro atoms. The summed E-state index contributed by atoms with van der Waals surface area (Å²) in [6.45, 7) is 0. The molecule has 0 N–H and O–H groups in total. The summed E-state index contributed by atoms with van der Waals surface area (Å²) in [5.74, 6) is 0.809. The van der Waals surface area contributed by atoms with E-state index in [1.54, 1.807) is 6.07 Å². The minimum atomic E-state index is -0.358. The maximum absolute atomic E-state index is 11.8. The second-order valence-electron chi connectivity index (χ2n) is 5.45. The Hall–Kier alpha value is -2.95. The third-order valence-electron chi connectivity index (χ3n) is 3.85. The second-order valence-corrected chi connectivity index (χ2v) is 5.45. The van der Waals surface area contributed by atoms with Crippen LogP contribution in [0.3, 0.4) is 0 Å². The SMILES string of the molecule is O=C1OC(Cc2nc(Cc3ccccc3)no2)c2ccccc21. The van der Waals surface area contributed by atoms with Crippen LogP contribution in [-0.2, 0) is 17.6 Å². The molecule has 5 heteroatoms. The molecule has 5 nitrogen and oxygen atoms in total. The fraction of sp³-hybridized carbons (Fsp3) is 0.167. The maximum Gasteiger partial charge on any atom is 0.339 e. The van der Waals surface area contributed by atoms with E-state index in [-0.39, 0.29) is 12.1 Å². The first-order valence-corrected chi connectivity index (χ1v) is 7.45. The van der Waals surface area contributed by atoms with Crippen molar-refractivity contribution in [1.29, 1.82) is 0 Å². The van der Waals surface area contributed by atoms with Gasteiger partial charge in [-0.3, -0.25) is 0 Å². The molecule has 4 rings (SSSR count). The van der Waals surface area contributed by atoms with Crippen molar-refractivity contribution in [2.45, 2.75) is 18.9 Å². The van der Waals surface area contributed by atoms with Crippen LogP contribution in [0.5, 0.6) is 0 Å². The molecule has 0 bridgehead atoms. The van der Waals surface area contributed by atoms with Gasteiger partial charge in [-0.25, -0.2) is 4.79 Å². The number of fused-ring (bicyclic) bond motifs is 1. The average Bonchev–Trinajstić information content (AvgIpc) is 3.14. The highest BCUT2D eigenvalue weighted by atomic mass is 16.6. The topological polar surface area (TPSA) is 65.2 Å². The predicted octanol–water partition coefficient (Wildman–Crippen LogP) is 3.11. The predicted molar refractivity (Wildman–Crippen MR) is 81.8 cm³/mol. The molecular formula is C18H14N2O3. The van der Waals surface area contributed by atoms with E-state index in [1.807, 2.05) is 48.5 Å². The molecule has 3 aromatic rings. The number of rotatable bonds is 4. The lowest BCUT2D eigenvalue weighted by Gasteiger charge is -2.06. The molecule has 1 aliphatic heterocycles. The molecule has 0 fully saturated rings. The number of hydrogen-bond donors (Lipinski definition) is 0. The summed E-state index contributed by atoms with van der Waals surface area (Å²) in [7, 11) is 0. The van der Waals surface area contributed by atoms with Crippen LogP contribution in [0.4, 0.5) is 0 Å². The lowest BCUT2D eigenvalue weighted by atomic mass is 10.0. The molecular weight excluding hydrogens is 292 g/mol. The first-order chi connectivity index (χ1) is 11.3. The average molecular weight is 306 g/mol. The zero-order chi connectivity index (χ0) is 15.6. The quantitative estimate of drug-likeness (QED) is 0.693. The van der Waals surface area contributed by atoms with Crippen molar-refractivity contribution in [3.63, 3.8) is 0 Å². The third kappa shape index (κ3) is 2.73. The van der Waals surface area contributed by atoms with Crippen molar-refractivity contribution in [2.24, 2.45) is 0 Å². The summed E-state index contributed by atoms with van der Waals surface area (Å²) >= 11 is 0. The van der Waals surface area contributed by atoms with E-state index in [9.17, 15) is 4.79 Å².